The van der Waals surface area contributed by atoms with Crippen LogP contribution in [-0.2, 0) is 16.8 Å². The molecule has 1 aliphatic rings. The van der Waals surface area contributed by atoms with E-state index in [1.807, 2.05) is 6.07 Å². The predicted molar refractivity (Wildman–Crippen MR) is 101 cm³/mol. The number of nitrogens with one attached hydrogen (secondary N) is 1. The smallest absolute Gasteiger partial charge is 0.325 e. The van der Waals surface area contributed by atoms with Gasteiger partial charge in [0, 0.05) is 5.56 Å². The van der Waals surface area contributed by atoms with Crippen molar-refractivity contribution in [2.24, 2.45) is 0 Å². The molecule has 0 saturated carbocycles. The van der Waals surface area contributed by atoms with Crippen LogP contribution in [0.4, 0.5) is 13.6 Å². The Bertz CT molecular complexity index is 1010. The number of halogens is 2. The molecule has 9 heteroatoms. The number of imide groups is 1. The number of aliphatic hydroxyl groups is 1. The molecule has 0 aromatic heterocycles. The van der Waals surface area contributed by atoms with E-state index in [0.29, 0.717) is 5.75 Å². The zero-order valence-corrected chi connectivity index (χ0v) is 16.1. The highest BCUT2D eigenvalue weighted by atomic mass is 19.1. The third-order valence-electron chi connectivity index (χ3n) is 4.78. The third-order valence-corrected chi connectivity index (χ3v) is 4.78. The summed E-state index contributed by atoms with van der Waals surface area (Å²) in [6.07, 6.45) is -0.946. The number of rotatable bonds is 7. The number of nitriles is 1. The van der Waals surface area contributed by atoms with Gasteiger partial charge in [0.25, 0.3) is 5.91 Å². The molecular formula is C21H19F2N3O4. The van der Waals surface area contributed by atoms with Crippen molar-refractivity contribution in [3.05, 3.63) is 65.2 Å². The number of benzene rings is 2. The maximum atomic E-state index is 14.2. The summed E-state index contributed by atoms with van der Waals surface area (Å²) < 4.78 is 33.2. The molecular weight excluding hydrogens is 396 g/mol. The van der Waals surface area contributed by atoms with E-state index in [1.54, 1.807) is 24.3 Å². The molecule has 1 saturated heterocycles. The second-order valence-corrected chi connectivity index (χ2v) is 7.04. The first kappa shape index (κ1) is 21.2. The Morgan fingerprint density at radius 1 is 1.23 bits per heavy atom. The highest BCUT2D eigenvalue weighted by Gasteiger charge is 2.50. The summed E-state index contributed by atoms with van der Waals surface area (Å²) >= 11 is 0. The summed E-state index contributed by atoms with van der Waals surface area (Å²) in [6.45, 7) is 0.681. The zero-order chi connectivity index (χ0) is 21.9. The lowest BCUT2D eigenvalue weighted by molar-refractivity contribution is -0.132. The van der Waals surface area contributed by atoms with Crippen LogP contribution in [0.15, 0.2) is 42.5 Å². The van der Waals surface area contributed by atoms with Crippen molar-refractivity contribution in [3.8, 4) is 11.8 Å². The number of hydrogen-bond acceptors (Lipinski definition) is 5. The lowest BCUT2D eigenvalue weighted by Gasteiger charge is -2.23. The van der Waals surface area contributed by atoms with Gasteiger partial charge in [-0.2, -0.15) is 5.26 Å². The number of ether oxygens (including phenoxy) is 1. The van der Waals surface area contributed by atoms with Crippen LogP contribution < -0.4 is 10.1 Å². The van der Waals surface area contributed by atoms with Crippen molar-refractivity contribution in [3.63, 3.8) is 0 Å². The largest absolute Gasteiger partial charge is 0.491 e. The first-order valence-corrected chi connectivity index (χ1v) is 9.11. The van der Waals surface area contributed by atoms with Gasteiger partial charge in [0.1, 0.15) is 35.6 Å². The molecule has 1 heterocycles. The van der Waals surface area contributed by atoms with Crippen LogP contribution in [0, 0.1) is 23.0 Å². The highest BCUT2D eigenvalue weighted by Crippen LogP contribution is 2.31. The summed E-state index contributed by atoms with van der Waals surface area (Å²) in [6, 6.07) is 10.5. The van der Waals surface area contributed by atoms with Gasteiger partial charge in [-0.05, 0) is 42.8 Å². The summed E-state index contributed by atoms with van der Waals surface area (Å²) in [5, 5.41) is 21.2. The standard InChI is InChI=1S/C21H19F2N3O4/c1-21(17-10-14(22)4-7-18(17)23)19(28)26(20(29)25-21)11-15(27)12-30-16-5-2-13(3-6-16)8-9-24/h2-7,10,15,27H,8,11-12H2,1H3,(H,25,29)/t15-,21+/m1/s1. The molecule has 1 fully saturated rings. The van der Waals surface area contributed by atoms with Crippen LogP contribution in [0.1, 0.15) is 18.1 Å². The molecule has 2 N–H and O–H groups in total. The lowest BCUT2D eigenvalue weighted by Crippen LogP contribution is -2.43. The molecule has 2 atom stereocenters. The molecule has 30 heavy (non-hydrogen) atoms. The van der Waals surface area contributed by atoms with E-state index in [2.05, 4.69) is 5.32 Å². The van der Waals surface area contributed by atoms with Crippen molar-refractivity contribution in [2.75, 3.05) is 13.2 Å². The van der Waals surface area contributed by atoms with E-state index >= 15 is 0 Å². The topological polar surface area (TPSA) is 103 Å². The summed E-state index contributed by atoms with van der Waals surface area (Å²) in [5.74, 6) is -1.95. The van der Waals surface area contributed by atoms with Gasteiger partial charge in [0.2, 0.25) is 0 Å². The van der Waals surface area contributed by atoms with Crippen molar-refractivity contribution in [2.45, 2.75) is 25.0 Å². The summed E-state index contributed by atoms with van der Waals surface area (Å²) in [7, 11) is 0. The average Bonchev–Trinajstić information content (AvgIpc) is 2.93. The van der Waals surface area contributed by atoms with Gasteiger partial charge in [0.05, 0.1) is 19.0 Å². The van der Waals surface area contributed by atoms with E-state index in [1.165, 1.54) is 6.92 Å². The number of urea groups is 1. The summed E-state index contributed by atoms with van der Waals surface area (Å²) in [4.78, 5) is 25.8. The fourth-order valence-electron chi connectivity index (χ4n) is 3.18. The minimum atomic E-state index is -1.79. The number of amides is 3. The second kappa shape index (κ2) is 8.47. The van der Waals surface area contributed by atoms with Gasteiger partial charge < -0.3 is 15.2 Å². The van der Waals surface area contributed by atoms with E-state index < -0.39 is 35.2 Å². The first-order chi connectivity index (χ1) is 14.2. The van der Waals surface area contributed by atoms with Crippen molar-refractivity contribution < 1.29 is 28.2 Å². The molecule has 2 aromatic carbocycles. The molecule has 7 nitrogen and oxygen atoms in total. The molecule has 3 rings (SSSR count). The molecule has 1 aliphatic heterocycles. The van der Waals surface area contributed by atoms with Gasteiger partial charge in [0.15, 0.2) is 0 Å². The predicted octanol–water partition coefficient (Wildman–Crippen LogP) is 2.24. The van der Waals surface area contributed by atoms with Crippen LogP contribution in [0.3, 0.4) is 0 Å². The fourth-order valence-corrected chi connectivity index (χ4v) is 3.18. The molecule has 3 amide bonds. The molecule has 0 aliphatic carbocycles. The van der Waals surface area contributed by atoms with Gasteiger partial charge in [-0.25, -0.2) is 13.6 Å². The Morgan fingerprint density at radius 3 is 2.60 bits per heavy atom. The Labute approximate surface area is 171 Å². The Morgan fingerprint density at radius 2 is 1.93 bits per heavy atom. The van der Waals surface area contributed by atoms with E-state index in [4.69, 9.17) is 10.00 Å². The number of aliphatic hydroxyl groups excluding tert-OH is 1. The van der Waals surface area contributed by atoms with E-state index in [9.17, 15) is 23.5 Å². The molecule has 156 valence electrons. The van der Waals surface area contributed by atoms with Gasteiger partial charge in [-0.15, -0.1) is 0 Å². The van der Waals surface area contributed by atoms with Crippen LogP contribution in [0.2, 0.25) is 0 Å². The minimum Gasteiger partial charge on any atom is -0.491 e. The highest BCUT2D eigenvalue weighted by molar-refractivity contribution is 6.07. The average molecular weight is 415 g/mol. The molecule has 0 bridgehead atoms. The van der Waals surface area contributed by atoms with Gasteiger partial charge in [-0.3, -0.25) is 9.69 Å². The quantitative estimate of drug-likeness (QED) is 0.676. The monoisotopic (exact) mass is 415 g/mol. The maximum Gasteiger partial charge on any atom is 0.325 e. The summed E-state index contributed by atoms with van der Waals surface area (Å²) in [5.41, 5.74) is -1.28. The number of hydrogen-bond donors (Lipinski definition) is 2. The molecule has 0 radical (unpaired) electrons. The fraction of sp³-hybridized carbons (Fsp3) is 0.286. The Hall–Kier alpha value is -3.51. The van der Waals surface area contributed by atoms with Gasteiger partial charge >= 0.3 is 6.03 Å². The van der Waals surface area contributed by atoms with Crippen LogP contribution >= 0.6 is 0 Å². The van der Waals surface area contributed by atoms with Crippen molar-refractivity contribution in [1.82, 2.24) is 10.2 Å². The molecule has 0 spiro atoms. The normalized spacial score (nSPS) is 19.4. The lowest BCUT2D eigenvalue weighted by atomic mass is 9.91. The van der Waals surface area contributed by atoms with Crippen LogP contribution in [0.25, 0.3) is 0 Å². The Kier molecular flexibility index (Phi) is 5.99. The van der Waals surface area contributed by atoms with Crippen molar-refractivity contribution >= 4 is 11.9 Å². The molecule has 2 aromatic rings. The SMILES string of the molecule is C[C@@]1(c2cc(F)ccc2F)NC(=O)N(C[C@@H](O)COc2ccc(CC#N)cc2)C1=O. The molecule has 0 unspecified atom stereocenters. The van der Waals surface area contributed by atoms with E-state index in [0.717, 1.165) is 28.7 Å². The van der Waals surface area contributed by atoms with E-state index in [-0.39, 0.29) is 25.1 Å². The number of nitrogens with zero attached hydrogens (tertiary/aromatic N) is 2. The number of carbonyl (C=O) groups excluding carboxylic acids is 2. The zero-order valence-electron chi connectivity index (χ0n) is 16.1. The number of β-amino-alcohol motifs (C(OH)–C–C–N with tert-alkyl or cyclic N) is 1. The first-order valence-electron chi connectivity index (χ1n) is 9.11. The Balaban J connectivity index is 1.65. The third kappa shape index (κ3) is 4.23. The minimum absolute atomic E-state index is 0.209. The van der Waals surface area contributed by atoms with Crippen molar-refractivity contribution in [1.29, 1.82) is 5.26 Å². The van der Waals surface area contributed by atoms with Crippen LogP contribution in [-0.4, -0.2) is 41.2 Å². The van der Waals surface area contributed by atoms with Crippen LogP contribution in [0.5, 0.6) is 5.75 Å². The maximum absolute atomic E-state index is 14.2. The van der Waals surface area contributed by atoms with Gasteiger partial charge in [-0.1, -0.05) is 12.1 Å². The second-order valence-electron chi connectivity index (χ2n) is 7.04. The number of carbonyl (C=O) groups is 2.